The van der Waals surface area contributed by atoms with E-state index in [0.29, 0.717) is 18.5 Å². The first-order valence-corrected chi connectivity index (χ1v) is 10.0. The normalized spacial score (nSPS) is 21.6. The summed E-state index contributed by atoms with van der Waals surface area (Å²) in [5.74, 6) is -2.54. The summed E-state index contributed by atoms with van der Waals surface area (Å²) in [6.07, 6.45) is 1.92. The van der Waals surface area contributed by atoms with Gasteiger partial charge < -0.3 is 15.3 Å². The number of nitrogens with zero attached hydrogens (tertiary/aromatic N) is 1. The van der Waals surface area contributed by atoms with E-state index < -0.39 is 33.0 Å². The summed E-state index contributed by atoms with van der Waals surface area (Å²) >= 11 is 0. The van der Waals surface area contributed by atoms with E-state index in [4.69, 9.17) is 0 Å². The van der Waals surface area contributed by atoms with Gasteiger partial charge in [0.15, 0.2) is 17.2 Å². The van der Waals surface area contributed by atoms with E-state index in [1.54, 1.807) is 0 Å². The maximum Gasteiger partial charge on any atom is 0.256 e. The van der Waals surface area contributed by atoms with Crippen molar-refractivity contribution in [2.75, 3.05) is 31.6 Å². The van der Waals surface area contributed by atoms with Gasteiger partial charge in [0.2, 0.25) is 0 Å². The first-order valence-electron chi connectivity index (χ1n) is 7.95. The lowest BCUT2D eigenvalue weighted by Crippen LogP contribution is -2.58. The number of hydrogen-bond donors (Lipinski definition) is 2. The molecular formula is C16H22F2N2O4S. The van der Waals surface area contributed by atoms with Crippen molar-refractivity contribution >= 4 is 15.7 Å². The fourth-order valence-corrected chi connectivity index (χ4v) is 3.31. The van der Waals surface area contributed by atoms with Crippen LogP contribution in [-0.4, -0.2) is 61.6 Å². The summed E-state index contributed by atoms with van der Waals surface area (Å²) in [6.45, 7) is 0.554. The number of halogens is 2. The fraction of sp³-hybridized carbons (Fsp3) is 0.562. The average molecular weight is 376 g/mol. The summed E-state index contributed by atoms with van der Waals surface area (Å²) in [5.41, 5.74) is -1.20. The molecule has 9 heteroatoms. The highest BCUT2D eigenvalue weighted by Crippen LogP contribution is 2.24. The Bertz CT molecular complexity index is 742. The molecule has 1 atom stereocenters. The molecule has 1 aliphatic heterocycles. The van der Waals surface area contributed by atoms with Crippen LogP contribution >= 0.6 is 0 Å². The van der Waals surface area contributed by atoms with Gasteiger partial charge in [-0.2, -0.15) is 0 Å². The Labute approximate surface area is 145 Å². The third-order valence-corrected chi connectivity index (χ3v) is 5.07. The van der Waals surface area contributed by atoms with E-state index in [1.807, 2.05) is 0 Å². The van der Waals surface area contributed by atoms with Crippen LogP contribution in [0.3, 0.4) is 0 Å². The quantitative estimate of drug-likeness (QED) is 0.675. The molecule has 2 N–H and O–H groups in total. The Morgan fingerprint density at radius 1 is 1.32 bits per heavy atom. The lowest BCUT2D eigenvalue weighted by molar-refractivity contribution is -0.157. The van der Waals surface area contributed by atoms with Crippen molar-refractivity contribution in [3.63, 3.8) is 0 Å². The third-order valence-electron chi connectivity index (χ3n) is 4.13. The first kappa shape index (κ1) is 19.7. The van der Waals surface area contributed by atoms with Crippen LogP contribution in [0.25, 0.3) is 0 Å². The largest absolute Gasteiger partial charge is 0.379 e. The second kappa shape index (κ2) is 7.76. The molecule has 2 rings (SSSR count). The van der Waals surface area contributed by atoms with Crippen LogP contribution < -0.4 is 5.32 Å². The number of rotatable bonds is 7. The number of hydrogen-bond acceptors (Lipinski definition) is 5. The fourth-order valence-electron chi connectivity index (χ4n) is 2.79. The molecule has 1 heterocycles. The van der Waals surface area contributed by atoms with Crippen molar-refractivity contribution in [1.82, 2.24) is 10.2 Å². The number of amides is 1. The standard InChI is InChI=1S/C16H22F2N2O4S/c1-25(23,24)8-6-19-11-16(22)5-2-7-20(15(16)21)10-12-3-4-13(17)14(18)9-12/h3-4,9,19,22H,2,5-8,10-11H2,1H3. The van der Waals surface area contributed by atoms with Crippen LogP contribution in [0.5, 0.6) is 0 Å². The Hall–Kier alpha value is -1.58. The number of sulfone groups is 1. The molecule has 0 aliphatic carbocycles. The molecule has 0 radical (unpaired) electrons. The molecule has 1 saturated heterocycles. The van der Waals surface area contributed by atoms with E-state index in [9.17, 15) is 27.1 Å². The summed E-state index contributed by atoms with van der Waals surface area (Å²) in [4.78, 5) is 13.9. The average Bonchev–Trinajstić information content (AvgIpc) is 2.51. The molecule has 6 nitrogen and oxygen atoms in total. The zero-order valence-electron chi connectivity index (χ0n) is 14.0. The van der Waals surface area contributed by atoms with Gasteiger partial charge in [0, 0.05) is 32.4 Å². The smallest absolute Gasteiger partial charge is 0.256 e. The molecule has 1 aromatic rings. The van der Waals surface area contributed by atoms with Crippen LogP contribution in [0.1, 0.15) is 18.4 Å². The summed E-state index contributed by atoms with van der Waals surface area (Å²) in [5, 5.41) is 13.4. The number of carbonyl (C=O) groups is 1. The van der Waals surface area contributed by atoms with E-state index in [0.717, 1.165) is 18.4 Å². The highest BCUT2D eigenvalue weighted by Gasteiger charge is 2.41. The minimum absolute atomic E-state index is 0.0599. The topological polar surface area (TPSA) is 86.7 Å². The lowest BCUT2D eigenvalue weighted by atomic mass is 9.91. The number of nitrogens with one attached hydrogen (secondary N) is 1. The highest BCUT2D eigenvalue weighted by molar-refractivity contribution is 7.90. The molecule has 1 fully saturated rings. The Kier molecular flexibility index (Phi) is 6.12. The second-order valence-corrected chi connectivity index (χ2v) is 8.68. The van der Waals surface area contributed by atoms with E-state index >= 15 is 0 Å². The molecule has 0 saturated carbocycles. The molecule has 1 amide bonds. The van der Waals surface area contributed by atoms with Crippen LogP contribution in [0.15, 0.2) is 18.2 Å². The van der Waals surface area contributed by atoms with Gasteiger partial charge in [-0.25, -0.2) is 17.2 Å². The van der Waals surface area contributed by atoms with Crippen LogP contribution in [0, 0.1) is 11.6 Å². The summed E-state index contributed by atoms with van der Waals surface area (Å²) < 4.78 is 48.5. The van der Waals surface area contributed by atoms with Gasteiger partial charge in [-0.1, -0.05) is 6.07 Å². The van der Waals surface area contributed by atoms with E-state index in [2.05, 4.69) is 5.32 Å². The predicted molar refractivity (Wildman–Crippen MR) is 88.5 cm³/mol. The number of benzene rings is 1. The summed E-state index contributed by atoms with van der Waals surface area (Å²) in [6, 6.07) is 3.42. The van der Waals surface area contributed by atoms with Gasteiger partial charge in [-0.3, -0.25) is 4.79 Å². The van der Waals surface area contributed by atoms with Gasteiger partial charge in [0.25, 0.3) is 5.91 Å². The van der Waals surface area contributed by atoms with Crippen molar-refractivity contribution in [3.8, 4) is 0 Å². The van der Waals surface area contributed by atoms with Crippen LogP contribution in [0.4, 0.5) is 8.78 Å². The third kappa shape index (κ3) is 5.45. The molecular weight excluding hydrogens is 354 g/mol. The molecule has 0 aromatic heterocycles. The zero-order valence-corrected chi connectivity index (χ0v) is 14.8. The lowest BCUT2D eigenvalue weighted by Gasteiger charge is -2.38. The maximum absolute atomic E-state index is 13.3. The monoisotopic (exact) mass is 376 g/mol. The Morgan fingerprint density at radius 2 is 2.04 bits per heavy atom. The Morgan fingerprint density at radius 3 is 2.68 bits per heavy atom. The molecule has 1 aliphatic rings. The maximum atomic E-state index is 13.3. The molecule has 0 bridgehead atoms. The van der Waals surface area contributed by atoms with Gasteiger partial charge in [0.05, 0.1) is 5.75 Å². The van der Waals surface area contributed by atoms with Crippen molar-refractivity contribution in [2.24, 2.45) is 0 Å². The SMILES string of the molecule is CS(=O)(=O)CCNCC1(O)CCCN(Cc2ccc(F)c(F)c2)C1=O. The molecule has 140 valence electrons. The van der Waals surface area contributed by atoms with Gasteiger partial charge in [-0.05, 0) is 30.5 Å². The molecule has 25 heavy (non-hydrogen) atoms. The van der Waals surface area contributed by atoms with Crippen molar-refractivity contribution in [1.29, 1.82) is 0 Å². The molecule has 0 spiro atoms. The summed E-state index contributed by atoms with van der Waals surface area (Å²) in [7, 11) is -3.13. The molecule has 1 unspecified atom stereocenters. The zero-order chi connectivity index (χ0) is 18.7. The predicted octanol–water partition coefficient (Wildman–Crippen LogP) is 0.452. The van der Waals surface area contributed by atoms with Gasteiger partial charge in [0.1, 0.15) is 9.84 Å². The van der Waals surface area contributed by atoms with Gasteiger partial charge in [-0.15, -0.1) is 0 Å². The first-order chi connectivity index (χ1) is 11.6. The van der Waals surface area contributed by atoms with E-state index in [1.165, 1.54) is 11.0 Å². The molecule has 1 aromatic carbocycles. The number of piperidine rings is 1. The van der Waals surface area contributed by atoms with Crippen LogP contribution in [0.2, 0.25) is 0 Å². The minimum atomic E-state index is -3.13. The Balaban J connectivity index is 1.97. The minimum Gasteiger partial charge on any atom is -0.379 e. The number of likely N-dealkylation sites (tertiary alicyclic amines) is 1. The second-order valence-electron chi connectivity index (χ2n) is 6.42. The van der Waals surface area contributed by atoms with Crippen molar-refractivity contribution in [3.05, 3.63) is 35.4 Å². The van der Waals surface area contributed by atoms with Crippen molar-refractivity contribution < 1.29 is 27.1 Å². The highest BCUT2D eigenvalue weighted by atomic mass is 32.2. The van der Waals surface area contributed by atoms with E-state index in [-0.39, 0.29) is 31.8 Å². The van der Waals surface area contributed by atoms with Crippen LogP contribution in [-0.2, 0) is 21.2 Å². The number of carbonyl (C=O) groups excluding carboxylic acids is 1. The van der Waals surface area contributed by atoms with Gasteiger partial charge >= 0.3 is 0 Å². The number of aliphatic hydroxyl groups is 1. The van der Waals surface area contributed by atoms with Crippen molar-refractivity contribution in [2.45, 2.75) is 25.0 Å².